The normalized spacial score (nSPS) is 25.7. The van der Waals surface area contributed by atoms with Crippen molar-refractivity contribution in [2.24, 2.45) is 29.2 Å². The molecule has 3 amide bonds. The number of piperidine rings is 1. The minimum Gasteiger partial charge on any atom is -0.338 e. The Labute approximate surface area is 246 Å². The SMILES string of the molecule is CC(C)(N)C(=O)N1CCN(C(=O)Nc2ccn(-c3ccc4c(c3)CCC(N3C[C@@H]5C(CN)[C@@H]5C3)C4)c(=O)n2)CC1.Cl. The molecule has 0 bridgehead atoms. The fourth-order valence-corrected chi connectivity index (χ4v) is 6.89. The summed E-state index contributed by atoms with van der Waals surface area (Å²) < 4.78 is 1.52. The second-order valence-corrected chi connectivity index (χ2v) is 12.4. The maximum Gasteiger partial charge on any atom is 0.354 e. The third-order valence-corrected chi connectivity index (χ3v) is 9.30. The van der Waals surface area contributed by atoms with E-state index < -0.39 is 11.2 Å². The summed E-state index contributed by atoms with van der Waals surface area (Å²) in [6.45, 7) is 8.16. The standard InChI is InChI=1S/C29H40N8O3.ClH/c1-29(2,31)26(38)34-9-11-35(12-10-34)27(39)32-25-7-8-37(28(40)33-25)21-6-4-18-13-20(5-3-19(18)14-21)36-16-23-22(15-30)24(23)17-36;/h4,6-8,14,20,22-24H,3,5,9-13,15-17,30-31H2,1-2H3,(H,32,33,39,40);1H/t20?,22?,23-,24+;. The number of aromatic nitrogens is 2. The average molecular weight is 585 g/mol. The zero-order valence-electron chi connectivity index (χ0n) is 23.8. The molecular formula is C29H41ClN8O3. The van der Waals surface area contributed by atoms with Gasteiger partial charge >= 0.3 is 11.7 Å². The Kier molecular flexibility index (Phi) is 8.17. The van der Waals surface area contributed by atoms with Gasteiger partial charge in [0, 0.05) is 51.5 Å². The highest BCUT2D eigenvalue weighted by Crippen LogP contribution is 2.52. The van der Waals surface area contributed by atoms with E-state index in [9.17, 15) is 14.4 Å². The van der Waals surface area contributed by atoms with Gasteiger partial charge in [0.2, 0.25) is 5.91 Å². The number of anilines is 1. The Hall–Kier alpha value is -2.99. The van der Waals surface area contributed by atoms with Gasteiger partial charge < -0.3 is 21.3 Å². The molecule has 0 radical (unpaired) electrons. The van der Waals surface area contributed by atoms with Crippen LogP contribution in [0, 0.1) is 17.8 Å². The third kappa shape index (κ3) is 5.86. The van der Waals surface area contributed by atoms with Gasteiger partial charge in [-0.1, -0.05) is 6.07 Å². The number of nitrogens with zero attached hydrogens (tertiary/aromatic N) is 5. The molecule has 1 saturated carbocycles. The molecule has 2 unspecified atom stereocenters. The monoisotopic (exact) mass is 584 g/mol. The molecule has 1 aromatic carbocycles. The van der Waals surface area contributed by atoms with Gasteiger partial charge in [-0.3, -0.25) is 19.6 Å². The van der Waals surface area contributed by atoms with E-state index in [-0.39, 0.29) is 30.2 Å². The second-order valence-electron chi connectivity index (χ2n) is 12.4. The molecule has 3 heterocycles. The molecule has 2 saturated heterocycles. The lowest BCUT2D eigenvalue weighted by molar-refractivity contribution is -0.137. The van der Waals surface area contributed by atoms with Crippen LogP contribution in [0.4, 0.5) is 10.6 Å². The Morgan fingerprint density at radius 1 is 1.05 bits per heavy atom. The number of rotatable bonds is 5. The van der Waals surface area contributed by atoms with Crippen LogP contribution in [-0.4, -0.2) is 93.6 Å². The lowest BCUT2D eigenvalue weighted by atomic mass is 9.87. The van der Waals surface area contributed by atoms with E-state index in [0.717, 1.165) is 49.2 Å². The van der Waals surface area contributed by atoms with Crippen molar-refractivity contribution >= 4 is 30.2 Å². The van der Waals surface area contributed by atoms with Crippen LogP contribution >= 0.6 is 12.4 Å². The summed E-state index contributed by atoms with van der Waals surface area (Å²) in [6, 6.07) is 8.11. The van der Waals surface area contributed by atoms with Gasteiger partial charge in [-0.2, -0.15) is 4.98 Å². The van der Waals surface area contributed by atoms with Crippen molar-refractivity contribution in [3.05, 3.63) is 52.1 Å². The van der Waals surface area contributed by atoms with Gasteiger partial charge in [-0.25, -0.2) is 9.59 Å². The summed E-state index contributed by atoms with van der Waals surface area (Å²) in [4.78, 5) is 48.1. The van der Waals surface area contributed by atoms with Gasteiger partial charge in [0.05, 0.1) is 11.2 Å². The fraction of sp³-hybridized carbons (Fsp3) is 0.586. The van der Waals surface area contributed by atoms with Crippen molar-refractivity contribution < 1.29 is 9.59 Å². The predicted molar refractivity (Wildman–Crippen MR) is 159 cm³/mol. The van der Waals surface area contributed by atoms with E-state index in [1.54, 1.807) is 35.9 Å². The molecular weight excluding hydrogens is 544 g/mol. The number of benzene rings is 1. The Morgan fingerprint density at radius 3 is 2.37 bits per heavy atom. The number of amides is 3. The van der Waals surface area contributed by atoms with Crippen LogP contribution in [0.3, 0.4) is 0 Å². The number of hydrogen-bond donors (Lipinski definition) is 3. The van der Waals surface area contributed by atoms with E-state index in [2.05, 4.69) is 27.3 Å². The highest BCUT2D eigenvalue weighted by Gasteiger charge is 2.55. The number of urea groups is 1. The maximum absolute atomic E-state index is 12.9. The summed E-state index contributed by atoms with van der Waals surface area (Å²) in [6.07, 6.45) is 4.83. The van der Waals surface area contributed by atoms with E-state index in [1.165, 1.54) is 28.8 Å². The smallest absolute Gasteiger partial charge is 0.338 e. The summed E-state index contributed by atoms with van der Waals surface area (Å²) in [5.41, 5.74) is 13.8. The molecule has 2 aliphatic heterocycles. The summed E-state index contributed by atoms with van der Waals surface area (Å²) in [5, 5.41) is 2.72. The van der Waals surface area contributed by atoms with E-state index in [4.69, 9.17) is 11.5 Å². The number of carbonyl (C=O) groups is 2. The average Bonchev–Trinajstić information content (AvgIpc) is 3.41. The number of fused-ring (bicyclic) bond motifs is 2. The molecule has 6 rings (SSSR count). The predicted octanol–water partition coefficient (Wildman–Crippen LogP) is 1.06. The lowest BCUT2D eigenvalue weighted by Gasteiger charge is -2.37. The quantitative estimate of drug-likeness (QED) is 0.477. The van der Waals surface area contributed by atoms with E-state index in [0.29, 0.717) is 32.2 Å². The van der Waals surface area contributed by atoms with Crippen LogP contribution < -0.4 is 22.5 Å². The van der Waals surface area contributed by atoms with Crippen molar-refractivity contribution in [2.45, 2.75) is 44.7 Å². The first kappa shape index (κ1) is 29.5. The molecule has 2 aromatic rings. The second kappa shape index (κ2) is 11.4. The summed E-state index contributed by atoms with van der Waals surface area (Å²) in [7, 11) is 0. The van der Waals surface area contributed by atoms with E-state index in [1.807, 2.05) is 6.07 Å². The van der Waals surface area contributed by atoms with Crippen LogP contribution in [0.2, 0.25) is 0 Å². The number of piperazine rings is 1. The first-order valence-corrected chi connectivity index (χ1v) is 14.4. The number of aryl methyl sites for hydroxylation is 1. The van der Waals surface area contributed by atoms with E-state index >= 15 is 0 Å². The Morgan fingerprint density at radius 2 is 1.73 bits per heavy atom. The maximum atomic E-state index is 12.9. The van der Waals surface area contributed by atoms with Crippen LogP contribution in [0.25, 0.3) is 5.69 Å². The molecule has 41 heavy (non-hydrogen) atoms. The zero-order chi connectivity index (χ0) is 28.2. The van der Waals surface area contributed by atoms with Crippen LogP contribution in [0.1, 0.15) is 31.4 Å². The molecule has 3 fully saturated rings. The number of hydrogen-bond acceptors (Lipinski definition) is 7. The number of carbonyl (C=O) groups excluding carboxylic acids is 2. The zero-order valence-corrected chi connectivity index (χ0v) is 24.6. The van der Waals surface area contributed by atoms with Gasteiger partial charge in [-0.05, 0) is 86.7 Å². The highest BCUT2D eigenvalue weighted by atomic mass is 35.5. The molecule has 4 aliphatic rings. The summed E-state index contributed by atoms with van der Waals surface area (Å²) in [5.74, 6) is 2.44. The van der Waals surface area contributed by atoms with Crippen molar-refractivity contribution in [1.29, 1.82) is 0 Å². The molecule has 5 N–H and O–H groups in total. The molecule has 12 heteroatoms. The number of likely N-dealkylation sites (tertiary alicyclic amines) is 1. The van der Waals surface area contributed by atoms with Crippen molar-refractivity contribution in [2.75, 3.05) is 51.1 Å². The van der Waals surface area contributed by atoms with Crippen molar-refractivity contribution in [3.8, 4) is 5.69 Å². The molecule has 4 atom stereocenters. The topological polar surface area (TPSA) is 143 Å². The molecule has 1 aromatic heterocycles. The Bertz CT molecular complexity index is 1350. The van der Waals surface area contributed by atoms with Gasteiger partial charge in [0.15, 0.2) is 0 Å². The van der Waals surface area contributed by atoms with Crippen LogP contribution in [0.5, 0.6) is 0 Å². The molecule has 0 spiro atoms. The van der Waals surface area contributed by atoms with Crippen LogP contribution in [0.15, 0.2) is 35.3 Å². The number of nitrogens with two attached hydrogens (primary N) is 2. The lowest BCUT2D eigenvalue weighted by Crippen LogP contribution is -2.58. The largest absolute Gasteiger partial charge is 0.354 e. The van der Waals surface area contributed by atoms with Crippen molar-refractivity contribution in [1.82, 2.24) is 24.3 Å². The summed E-state index contributed by atoms with van der Waals surface area (Å²) >= 11 is 0. The third-order valence-electron chi connectivity index (χ3n) is 9.30. The first-order valence-electron chi connectivity index (χ1n) is 14.4. The molecule has 11 nitrogen and oxygen atoms in total. The molecule has 2 aliphatic carbocycles. The number of halogens is 1. The minimum absolute atomic E-state index is 0. The minimum atomic E-state index is -0.943. The Balaban J connectivity index is 0.00000337. The van der Waals surface area contributed by atoms with Crippen LogP contribution in [-0.2, 0) is 17.6 Å². The highest BCUT2D eigenvalue weighted by molar-refractivity contribution is 5.89. The van der Waals surface area contributed by atoms with Crippen molar-refractivity contribution in [3.63, 3.8) is 0 Å². The van der Waals surface area contributed by atoms with Gasteiger partial charge in [-0.15, -0.1) is 12.4 Å². The fourth-order valence-electron chi connectivity index (χ4n) is 6.89. The van der Waals surface area contributed by atoms with Gasteiger partial charge in [0.25, 0.3) is 0 Å². The number of nitrogens with one attached hydrogen (secondary N) is 1. The van der Waals surface area contributed by atoms with Gasteiger partial charge in [0.1, 0.15) is 5.82 Å². The molecule has 222 valence electrons. The first-order chi connectivity index (χ1) is 19.1.